The fraction of sp³-hybridized carbons (Fsp3) is 0.600. The molecule has 21 heavy (non-hydrogen) atoms. The number of nitrogens with zero attached hydrogens (tertiary/aromatic N) is 2. The fourth-order valence-corrected chi connectivity index (χ4v) is 5.15. The highest BCUT2D eigenvalue weighted by molar-refractivity contribution is 7.86. The Morgan fingerprint density at radius 1 is 1.19 bits per heavy atom. The first-order valence-corrected chi connectivity index (χ1v) is 9.01. The molecule has 0 spiro atoms. The van der Waals surface area contributed by atoms with E-state index in [9.17, 15) is 8.42 Å². The Bertz CT molecular complexity index is 576. The average molecular weight is 309 g/mol. The van der Waals surface area contributed by atoms with Crippen molar-refractivity contribution in [3.05, 3.63) is 35.4 Å². The number of rotatable bonds is 4. The highest BCUT2D eigenvalue weighted by atomic mass is 32.2. The molecule has 2 aliphatic rings. The van der Waals surface area contributed by atoms with Crippen LogP contribution < -0.4 is 5.32 Å². The van der Waals surface area contributed by atoms with Crippen LogP contribution in [0.5, 0.6) is 0 Å². The van der Waals surface area contributed by atoms with Crippen LogP contribution in [0.15, 0.2) is 24.3 Å². The van der Waals surface area contributed by atoms with Crippen molar-refractivity contribution in [3.63, 3.8) is 0 Å². The number of hydrogen-bond donors (Lipinski definition) is 1. The van der Waals surface area contributed by atoms with Gasteiger partial charge in [0.1, 0.15) is 0 Å². The van der Waals surface area contributed by atoms with Gasteiger partial charge in [0.25, 0.3) is 10.2 Å². The summed E-state index contributed by atoms with van der Waals surface area (Å²) < 4.78 is 29.3. The Balaban J connectivity index is 1.81. The van der Waals surface area contributed by atoms with E-state index < -0.39 is 10.2 Å². The van der Waals surface area contributed by atoms with Crippen molar-refractivity contribution in [2.24, 2.45) is 0 Å². The van der Waals surface area contributed by atoms with Crippen LogP contribution >= 0.6 is 0 Å². The molecule has 3 rings (SSSR count). The molecule has 1 N–H and O–H groups in total. The highest BCUT2D eigenvalue weighted by Gasteiger charge is 2.38. The monoisotopic (exact) mass is 309 g/mol. The quantitative estimate of drug-likeness (QED) is 0.913. The summed E-state index contributed by atoms with van der Waals surface area (Å²) in [6.45, 7) is 2.37. The molecule has 0 bridgehead atoms. The summed E-state index contributed by atoms with van der Waals surface area (Å²) in [6, 6.07) is 8.06. The van der Waals surface area contributed by atoms with E-state index in [1.165, 1.54) is 0 Å². The molecule has 1 aromatic rings. The van der Waals surface area contributed by atoms with Crippen LogP contribution in [0.1, 0.15) is 30.4 Å². The number of hydrogen-bond acceptors (Lipinski definition) is 3. The Morgan fingerprint density at radius 3 is 2.48 bits per heavy atom. The third-order valence-corrected chi connectivity index (χ3v) is 6.43. The zero-order valence-corrected chi connectivity index (χ0v) is 13.3. The Hall–Kier alpha value is -0.950. The lowest BCUT2D eigenvalue weighted by molar-refractivity contribution is 0.228. The second-order valence-electron chi connectivity index (χ2n) is 5.86. The molecule has 0 amide bonds. The van der Waals surface area contributed by atoms with E-state index in [-0.39, 0.29) is 6.04 Å². The summed E-state index contributed by atoms with van der Waals surface area (Å²) in [5.41, 5.74) is 2.26. The van der Waals surface area contributed by atoms with Crippen LogP contribution in [0, 0.1) is 0 Å². The lowest BCUT2D eigenvalue weighted by Gasteiger charge is -2.36. The minimum absolute atomic E-state index is 0.0810. The number of likely N-dealkylation sites (N-methyl/N-ethyl adjacent to an activating group) is 1. The number of benzene rings is 1. The van der Waals surface area contributed by atoms with Gasteiger partial charge in [-0.15, -0.1) is 0 Å². The molecular weight excluding hydrogens is 286 g/mol. The molecule has 0 aromatic heterocycles. The van der Waals surface area contributed by atoms with Gasteiger partial charge in [-0.1, -0.05) is 30.7 Å². The Morgan fingerprint density at radius 2 is 1.86 bits per heavy atom. The van der Waals surface area contributed by atoms with Gasteiger partial charge >= 0.3 is 0 Å². The molecule has 5 nitrogen and oxygen atoms in total. The summed E-state index contributed by atoms with van der Waals surface area (Å²) in [7, 11) is -1.49. The van der Waals surface area contributed by atoms with Gasteiger partial charge in [0.2, 0.25) is 0 Å². The zero-order chi connectivity index (χ0) is 14.9. The van der Waals surface area contributed by atoms with Gasteiger partial charge in [0.05, 0.1) is 0 Å². The maximum absolute atomic E-state index is 13.0. The van der Waals surface area contributed by atoms with E-state index in [4.69, 9.17) is 0 Å². The highest BCUT2D eigenvalue weighted by Crippen LogP contribution is 2.29. The molecule has 0 saturated carbocycles. The summed E-state index contributed by atoms with van der Waals surface area (Å²) in [5.74, 6) is 0. The molecular formula is C15H23N3O2S. The van der Waals surface area contributed by atoms with Crippen molar-refractivity contribution in [3.8, 4) is 0 Å². The molecule has 116 valence electrons. The smallest absolute Gasteiger partial charge is 0.282 e. The molecule has 1 saturated heterocycles. The molecule has 2 heterocycles. The normalized spacial score (nSPS) is 24.1. The molecule has 0 radical (unpaired) electrons. The van der Waals surface area contributed by atoms with Crippen LogP contribution in [-0.4, -0.2) is 43.2 Å². The van der Waals surface area contributed by atoms with Gasteiger partial charge in [-0.05, 0) is 31.0 Å². The van der Waals surface area contributed by atoms with Gasteiger partial charge < -0.3 is 5.32 Å². The first-order chi connectivity index (χ1) is 10.1. The van der Waals surface area contributed by atoms with Gasteiger partial charge in [-0.25, -0.2) is 0 Å². The lowest BCUT2D eigenvalue weighted by atomic mass is 10.1. The minimum atomic E-state index is -3.37. The summed E-state index contributed by atoms with van der Waals surface area (Å²) >= 11 is 0. The maximum atomic E-state index is 13.0. The van der Waals surface area contributed by atoms with Crippen LogP contribution in [0.3, 0.4) is 0 Å². The molecule has 1 atom stereocenters. The van der Waals surface area contributed by atoms with Crippen molar-refractivity contribution < 1.29 is 8.42 Å². The molecule has 0 aliphatic carbocycles. The Labute approximate surface area is 127 Å². The number of fused-ring (bicyclic) bond motifs is 1. The standard InChI is InChI=1S/C15H23N3O2S/c1-16-10-15-8-4-5-9-18(15)21(19,20)17-11-13-6-2-3-7-14(13)12-17/h2-3,6-7,15-16H,4-5,8-12H2,1H3. The molecule has 6 heteroatoms. The third-order valence-electron chi connectivity index (χ3n) is 4.45. The summed E-state index contributed by atoms with van der Waals surface area (Å²) in [6.07, 6.45) is 3.01. The van der Waals surface area contributed by atoms with E-state index in [1.54, 1.807) is 8.61 Å². The van der Waals surface area contributed by atoms with Crippen molar-refractivity contribution in [1.29, 1.82) is 0 Å². The zero-order valence-electron chi connectivity index (χ0n) is 12.5. The van der Waals surface area contributed by atoms with E-state index in [0.29, 0.717) is 19.6 Å². The summed E-state index contributed by atoms with van der Waals surface area (Å²) in [5, 5.41) is 3.12. The predicted octanol–water partition coefficient (Wildman–Crippen LogP) is 1.32. The largest absolute Gasteiger partial charge is 0.318 e. The SMILES string of the molecule is CNCC1CCCCN1S(=O)(=O)N1Cc2ccccc2C1. The van der Waals surface area contributed by atoms with E-state index >= 15 is 0 Å². The van der Waals surface area contributed by atoms with Gasteiger partial charge in [-0.3, -0.25) is 0 Å². The van der Waals surface area contributed by atoms with Gasteiger partial charge in [-0.2, -0.15) is 17.0 Å². The molecule has 1 aromatic carbocycles. The van der Waals surface area contributed by atoms with E-state index in [2.05, 4.69) is 5.32 Å². The fourth-order valence-electron chi connectivity index (χ4n) is 3.33. The van der Waals surface area contributed by atoms with Crippen molar-refractivity contribution in [1.82, 2.24) is 13.9 Å². The maximum Gasteiger partial charge on any atom is 0.282 e. The topological polar surface area (TPSA) is 52.7 Å². The van der Waals surface area contributed by atoms with Crippen molar-refractivity contribution in [2.45, 2.75) is 38.4 Å². The lowest BCUT2D eigenvalue weighted by Crippen LogP contribution is -2.52. The van der Waals surface area contributed by atoms with Gasteiger partial charge in [0, 0.05) is 32.2 Å². The average Bonchev–Trinajstić information content (AvgIpc) is 2.93. The predicted molar refractivity (Wildman–Crippen MR) is 82.9 cm³/mol. The third kappa shape index (κ3) is 2.85. The second kappa shape index (κ2) is 6.04. The first-order valence-electron chi connectivity index (χ1n) is 7.61. The van der Waals surface area contributed by atoms with Crippen LogP contribution in [0.4, 0.5) is 0 Å². The summed E-state index contributed by atoms with van der Waals surface area (Å²) in [4.78, 5) is 0. The minimum Gasteiger partial charge on any atom is -0.318 e. The van der Waals surface area contributed by atoms with E-state index in [1.807, 2.05) is 31.3 Å². The molecule has 2 aliphatic heterocycles. The number of nitrogens with one attached hydrogen (secondary N) is 1. The van der Waals surface area contributed by atoms with Crippen LogP contribution in [-0.2, 0) is 23.3 Å². The second-order valence-corrected chi connectivity index (χ2v) is 7.74. The van der Waals surface area contributed by atoms with Gasteiger partial charge in [0.15, 0.2) is 0 Å². The molecule has 1 unspecified atom stereocenters. The number of piperidine rings is 1. The Kier molecular flexibility index (Phi) is 4.31. The van der Waals surface area contributed by atoms with E-state index in [0.717, 1.165) is 36.9 Å². The van der Waals surface area contributed by atoms with Crippen LogP contribution in [0.25, 0.3) is 0 Å². The van der Waals surface area contributed by atoms with Crippen molar-refractivity contribution in [2.75, 3.05) is 20.1 Å². The van der Waals surface area contributed by atoms with Crippen LogP contribution in [0.2, 0.25) is 0 Å². The molecule has 1 fully saturated rings. The first kappa shape index (κ1) is 15.0. The van der Waals surface area contributed by atoms with Crippen molar-refractivity contribution >= 4 is 10.2 Å².